The van der Waals surface area contributed by atoms with Crippen LogP contribution in [-0.2, 0) is 11.3 Å². The molecular formula is C15H21NO2. The van der Waals surface area contributed by atoms with Crippen LogP contribution in [0.15, 0.2) is 18.2 Å². The first-order chi connectivity index (χ1) is 8.51. The Morgan fingerprint density at radius 3 is 2.61 bits per heavy atom. The minimum Gasteiger partial charge on any atom is -0.380 e. The average molecular weight is 247 g/mol. The van der Waals surface area contributed by atoms with Crippen molar-refractivity contribution < 1.29 is 9.90 Å². The Kier molecular flexibility index (Phi) is 3.71. The summed E-state index contributed by atoms with van der Waals surface area (Å²) in [5.41, 5.74) is 2.37. The van der Waals surface area contributed by atoms with Gasteiger partial charge >= 0.3 is 0 Å². The number of carbonyl (C=O) groups is 1. The predicted molar refractivity (Wildman–Crippen MR) is 71.2 cm³/mol. The van der Waals surface area contributed by atoms with Gasteiger partial charge in [-0.1, -0.05) is 23.8 Å². The lowest BCUT2D eigenvalue weighted by molar-refractivity contribution is -0.139. The van der Waals surface area contributed by atoms with Crippen LogP contribution in [0.4, 0.5) is 0 Å². The lowest BCUT2D eigenvalue weighted by Crippen LogP contribution is -2.44. The van der Waals surface area contributed by atoms with E-state index < -0.39 is 5.60 Å². The van der Waals surface area contributed by atoms with Gasteiger partial charge in [0.25, 0.3) is 5.91 Å². The number of aliphatic hydroxyl groups is 1. The summed E-state index contributed by atoms with van der Waals surface area (Å²) in [7, 11) is 0. The lowest BCUT2D eigenvalue weighted by atomic mass is 10.0. The summed E-state index contributed by atoms with van der Waals surface area (Å²) >= 11 is 0. The van der Waals surface area contributed by atoms with Crippen molar-refractivity contribution >= 4 is 5.91 Å². The molecule has 1 aliphatic rings. The summed E-state index contributed by atoms with van der Waals surface area (Å²) in [5.74, 6) is -0.222. The molecule has 0 saturated heterocycles. The Balaban J connectivity index is 1.97. The number of benzene rings is 1. The van der Waals surface area contributed by atoms with Crippen molar-refractivity contribution in [3.8, 4) is 0 Å². The number of carbonyl (C=O) groups excluding carboxylic acids is 1. The molecule has 0 atom stereocenters. The highest BCUT2D eigenvalue weighted by Crippen LogP contribution is 2.29. The van der Waals surface area contributed by atoms with Crippen LogP contribution in [0.25, 0.3) is 0 Å². The van der Waals surface area contributed by atoms with Crippen LogP contribution < -0.4 is 5.32 Å². The van der Waals surface area contributed by atoms with E-state index in [-0.39, 0.29) is 5.91 Å². The van der Waals surface area contributed by atoms with Gasteiger partial charge in [0.15, 0.2) is 0 Å². The molecule has 0 radical (unpaired) electrons. The van der Waals surface area contributed by atoms with Gasteiger partial charge in [-0.15, -0.1) is 0 Å². The summed E-state index contributed by atoms with van der Waals surface area (Å²) in [4.78, 5) is 12.0. The van der Waals surface area contributed by atoms with E-state index >= 15 is 0 Å². The van der Waals surface area contributed by atoms with E-state index in [1.165, 1.54) is 11.1 Å². The Labute approximate surface area is 108 Å². The van der Waals surface area contributed by atoms with Gasteiger partial charge < -0.3 is 10.4 Å². The Bertz CT molecular complexity index is 448. The van der Waals surface area contributed by atoms with Crippen LogP contribution in [0.2, 0.25) is 0 Å². The van der Waals surface area contributed by atoms with Crippen molar-refractivity contribution in [1.29, 1.82) is 0 Å². The Morgan fingerprint density at radius 1 is 1.33 bits per heavy atom. The van der Waals surface area contributed by atoms with E-state index in [1.807, 2.05) is 19.1 Å². The zero-order valence-electron chi connectivity index (χ0n) is 11.1. The molecule has 1 aromatic carbocycles. The zero-order chi connectivity index (χ0) is 13.2. The summed E-state index contributed by atoms with van der Waals surface area (Å²) in [6, 6.07) is 6.17. The fourth-order valence-electron chi connectivity index (χ4n) is 2.57. The molecule has 2 rings (SSSR count). The maximum atomic E-state index is 12.0. The van der Waals surface area contributed by atoms with E-state index in [2.05, 4.69) is 18.3 Å². The average Bonchev–Trinajstić information content (AvgIpc) is 2.76. The molecular weight excluding hydrogens is 226 g/mol. The van der Waals surface area contributed by atoms with Gasteiger partial charge in [0.2, 0.25) is 0 Å². The molecule has 0 bridgehead atoms. The standard InChI is InChI=1S/C15H21NO2/c1-11-5-6-13(12(2)9-11)10-16-14(17)15(18)7-3-4-8-15/h5-6,9,18H,3-4,7-8,10H2,1-2H3,(H,16,17). The molecule has 1 fully saturated rings. The van der Waals surface area contributed by atoms with Crippen molar-refractivity contribution in [1.82, 2.24) is 5.32 Å². The number of amides is 1. The molecule has 1 aliphatic carbocycles. The molecule has 0 heterocycles. The molecule has 2 N–H and O–H groups in total. The first-order valence-electron chi connectivity index (χ1n) is 6.58. The molecule has 1 saturated carbocycles. The van der Waals surface area contributed by atoms with E-state index in [0.717, 1.165) is 18.4 Å². The minimum atomic E-state index is -1.13. The first kappa shape index (κ1) is 13.1. The van der Waals surface area contributed by atoms with Gasteiger partial charge in [-0.05, 0) is 50.7 Å². The van der Waals surface area contributed by atoms with Crippen LogP contribution in [0.1, 0.15) is 42.4 Å². The second-order valence-electron chi connectivity index (χ2n) is 5.35. The fourth-order valence-corrected chi connectivity index (χ4v) is 2.57. The van der Waals surface area contributed by atoms with Crippen LogP contribution in [0, 0.1) is 13.8 Å². The first-order valence-corrected chi connectivity index (χ1v) is 6.58. The lowest BCUT2D eigenvalue weighted by Gasteiger charge is -2.21. The van der Waals surface area contributed by atoms with Crippen LogP contribution in [-0.4, -0.2) is 16.6 Å². The van der Waals surface area contributed by atoms with Crippen molar-refractivity contribution in [3.05, 3.63) is 34.9 Å². The zero-order valence-corrected chi connectivity index (χ0v) is 11.1. The highest BCUT2D eigenvalue weighted by atomic mass is 16.3. The molecule has 1 aromatic rings. The SMILES string of the molecule is Cc1ccc(CNC(=O)C2(O)CCCC2)c(C)c1. The van der Waals surface area contributed by atoms with E-state index in [0.29, 0.717) is 19.4 Å². The topological polar surface area (TPSA) is 49.3 Å². The molecule has 98 valence electrons. The largest absolute Gasteiger partial charge is 0.380 e. The van der Waals surface area contributed by atoms with Gasteiger partial charge in [-0.3, -0.25) is 4.79 Å². The summed E-state index contributed by atoms with van der Waals surface area (Å²) < 4.78 is 0. The second-order valence-corrected chi connectivity index (χ2v) is 5.35. The predicted octanol–water partition coefficient (Wildman–Crippen LogP) is 2.22. The van der Waals surface area contributed by atoms with Gasteiger partial charge in [0, 0.05) is 6.54 Å². The van der Waals surface area contributed by atoms with Crippen molar-refractivity contribution in [2.45, 2.75) is 51.7 Å². The van der Waals surface area contributed by atoms with Crippen LogP contribution in [0.5, 0.6) is 0 Å². The minimum absolute atomic E-state index is 0.222. The van der Waals surface area contributed by atoms with Gasteiger partial charge in [-0.2, -0.15) is 0 Å². The van der Waals surface area contributed by atoms with Gasteiger partial charge in [-0.25, -0.2) is 0 Å². The van der Waals surface area contributed by atoms with E-state index in [4.69, 9.17) is 0 Å². The maximum absolute atomic E-state index is 12.0. The Hall–Kier alpha value is -1.35. The third-order valence-corrected chi connectivity index (χ3v) is 3.79. The summed E-state index contributed by atoms with van der Waals surface area (Å²) in [6.45, 7) is 4.59. The number of hydrogen-bond acceptors (Lipinski definition) is 2. The highest BCUT2D eigenvalue weighted by Gasteiger charge is 2.38. The van der Waals surface area contributed by atoms with Crippen LogP contribution in [0.3, 0.4) is 0 Å². The van der Waals surface area contributed by atoms with Gasteiger partial charge in [0.05, 0.1) is 0 Å². The molecule has 18 heavy (non-hydrogen) atoms. The van der Waals surface area contributed by atoms with Crippen molar-refractivity contribution in [2.75, 3.05) is 0 Å². The maximum Gasteiger partial charge on any atom is 0.252 e. The molecule has 3 nitrogen and oxygen atoms in total. The van der Waals surface area contributed by atoms with Gasteiger partial charge in [0.1, 0.15) is 5.60 Å². The third kappa shape index (κ3) is 2.72. The Morgan fingerprint density at radius 2 is 2.00 bits per heavy atom. The number of aryl methyl sites for hydroxylation is 2. The fraction of sp³-hybridized carbons (Fsp3) is 0.533. The monoisotopic (exact) mass is 247 g/mol. The smallest absolute Gasteiger partial charge is 0.252 e. The molecule has 0 aliphatic heterocycles. The molecule has 0 aromatic heterocycles. The number of hydrogen-bond donors (Lipinski definition) is 2. The van der Waals surface area contributed by atoms with Crippen LogP contribution >= 0.6 is 0 Å². The number of nitrogens with one attached hydrogen (secondary N) is 1. The highest BCUT2D eigenvalue weighted by molar-refractivity contribution is 5.85. The quantitative estimate of drug-likeness (QED) is 0.860. The molecule has 3 heteroatoms. The molecule has 0 unspecified atom stereocenters. The van der Waals surface area contributed by atoms with Crippen molar-refractivity contribution in [3.63, 3.8) is 0 Å². The summed E-state index contributed by atoms with van der Waals surface area (Å²) in [6.07, 6.45) is 3.05. The van der Waals surface area contributed by atoms with E-state index in [9.17, 15) is 9.90 Å². The number of rotatable bonds is 3. The summed E-state index contributed by atoms with van der Waals surface area (Å²) in [5, 5.41) is 13.0. The third-order valence-electron chi connectivity index (χ3n) is 3.79. The van der Waals surface area contributed by atoms with Crippen molar-refractivity contribution in [2.24, 2.45) is 0 Å². The second kappa shape index (κ2) is 5.11. The molecule has 0 spiro atoms. The molecule has 1 amide bonds. The van der Waals surface area contributed by atoms with E-state index in [1.54, 1.807) is 0 Å². The normalized spacial score (nSPS) is 17.7.